The first-order valence-electron chi connectivity index (χ1n) is 5.73. The number of hydrogen-bond acceptors (Lipinski definition) is 5. The van der Waals surface area contributed by atoms with Crippen molar-refractivity contribution in [2.75, 3.05) is 25.0 Å². The van der Waals surface area contributed by atoms with Gasteiger partial charge in [-0.1, -0.05) is 12.1 Å². The van der Waals surface area contributed by atoms with Gasteiger partial charge >= 0.3 is 0 Å². The summed E-state index contributed by atoms with van der Waals surface area (Å²) in [5.74, 6) is -0.400. The maximum absolute atomic E-state index is 11.9. The first kappa shape index (κ1) is 13.9. The zero-order valence-corrected chi connectivity index (χ0v) is 10.9. The largest absolute Gasteiger partial charge is 0.366 e. The molecule has 1 unspecified atom stereocenters. The number of carbonyl (C=O) groups is 1. The molecular weight excluding hydrogens is 270 g/mol. The number of amides is 1. The highest BCUT2D eigenvalue weighted by atomic mass is 32.2. The third-order valence-electron chi connectivity index (χ3n) is 2.67. The number of anilines is 1. The lowest BCUT2D eigenvalue weighted by molar-refractivity contribution is -0.128. The van der Waals surface area contributed by atoms with Crippen LogP contribution in [0.25, 0.3) is 0 Å². The van der Waals surface area contributed by atoms with Gasteiger partial charge in [-0.15, -0.1) is 0 Å². The molecule has 1 aromatic carbocycles. The average molecular weight is 285 g/mol. The van der Waals surface area contributed by atoms with Crippen molar-refractivity contribution in [1.29, 1.82) is 0 Å². The molecule has 1 aliphatic heterocycles. The van der Waals surface area contributed by atoms with Gasteiger partial charge in [0.2, 0.25) is 10.0 Å². The first-order valence-corrected chi connectivity index (χ1v) is 7.28. The molecule has 0 aliphatic carbocycles. The van der Waals surface area contributed by atoms with Crippen LogP contribution in [0.3, 0.4) is 0 Å². The zero-order chi connectivity index (χ0) is 13.9. The Morgan fingerprint density at radius 3 is 2.79 bits per heavy atom. The molecule has 0 saturated carbocycles. The van der Waals surface area contributed by atoms with Gasteiger partial charge in [-0.05, 0) is 12.1 Å². The summed E-state index contributed by atoms with van der Waals surface area (Å²) in [6.45, 7) is 1.52. The second kappa shape index (κ2) is 5.66. The van der Waals surface area contributed by atoms with Gasteiger partial charge in [-0.25, -0.2) is 13.6 Å². The van der Waals surface area contributed by atoms with Crippen molar-refractivity contribution in [1.82, 2.24) is 5.32 Å². The Kier molecular flexibility index (Phi) is 4.15. The molecule has 4 N–H and O–H groups in total. The van der Waals surface area contributed by atoms with Crippen LogP contribution in [0.4, 0.5) is 5.69 Å². The Bertz CT molecular complexity index is 567. The lowest BCUT2D eigenvalue weighted by Gasteiger charge is -2.23. The van der Waals surface area contributed by atoms with Crippen LogP contribution in [0.1, 0.15) is 0 Å². The van der Waals surface area contributed by atoms with Gasteiger partial charge in [0.15, 0.2) is 0 Å². The van der Waals surface area contributed by atoms with Gasteiger partial charge in [0, 0.05) is 13.1 Å². The first-order chi connectivity index (χ1) is 8.98. The monoisotopic (exact) mass is 285 g/mol. The van der Waals surface area contributed by atoms with Crippen molar-refractivity contribution in [2.45, 2.75) is 11.0 Å². The number of rotatable bonds is 3. The predicted molar refractivity (Wildman–Crippen MR) is 69.1 cm³/mol. The number of morpholine rings is 1. The van der Waals surface area contributed by atoms with Crippen LogP contribution in [0.2, 0.25) is 0 Å². The Morgan fingerprint density at radius 1 is 1.42 bits per heavy atom. The van der Waals surface area contributed by atoms with E-state index >= 15 is 0 Å². The third-order valence-corrected chi connectivity index (χ3v) is 3.64. The Morgan fingerprint density at radius 2 is 2.16 bits per heavy atom. The summed E-state index contributed by atoms with van der Waals surface area (Å²) in [7, 11) is -3.88. The number of ether oxygens (including phenoxy) is 1. The molecule has 19 heavy (non-hydrogen) atoms. The number of hydrogen-bond donors (Lipinski definition) is 3. The lowest BCUT2D eigenvalue weighted by atomic mass is 10.2. The van der Waals surface area contributed by atoms with Crippen LogP contribution in [0.15, 0.2) is 29.2 Å². The van der Waals surface area contributed by atoms with E-state index in [2.05, 4.69) is 10.6 Å². The summed E-state index contributed by atoms with van der Waals surface area (Å²) in [6.07, 6.45) is -0.637. The molecule has 0 bridgehead atoms. The number of sulfonamides is 1. The molecule has 1 aromatic rings. The van der Waals surface area contributed by atoms with Crippen LogP contribution < -0.4 is 15.8 Å². The summed E-state index contributed by atoms with van der Waals surface area (Å²) in [5, 5.41) is 10.6. The van der Waals surface area contributed by atoms with Gasteiger partial charge in [0.05, 0.1) is 12.3 Å². The molecule has 1 atom stereocenters. The van der Waals surface area contributed by atoms with Crippen molar-refractivity contribution in [3.63, 3.8) is 0 Å². The van der Waals surface area contributed by atoms with E-state index in [4.69, 9.17) is 9.88 Å². The van der Waals surface area contributed by atoms with Gasteiger partial charge < -0.3 is 15.4 Å². The highest BCUT2D eigenvalue weighted by molar-refractivity contribution is 7.89. The summed E-state index contributed by atoms with van der Waals surface area (Å²) >= 11 is 0. The van der Waals surface area contributed by atoms with E-state index in [-0.39, 0.29) is 10.6 Å². The molecule has 0 radical (unpaired) electrons. The van der Waals surface area contributed by atoms with E-state index in [1.807, 2.05) is 0 Å². The molecule has 7 nitrogen and oxygen atoms in total. The van der Waals surface area contributed by atoms with Gasteiger partial charge in [0.25, 0.3) is 5.91 Å². The maximum Gasteiger partial charge on any atom is 0.254 e. The SMILES string of the molecule is NS(=O)(=O)c1ccccc1NC(=O)C1CNCCO1. The predicted octanol–water partition coefficient (Wildman–Crippen LogP) is -0.739. The molecule has 0 spiro atoms. The molecule has 104 valence electrons. The highest BCUT2D eigenvalue weighted by Gasteiger charge is 2.23. The number of carbonyl (C=O) groups excluding carboxylic acids is 1. The van der Waals surface area contributed by atoms with E-state index in [0.29, 0.717) is 19.7 Å². The Labute approximate surface area is 111 Å². The topological polar surface area (TPSA) is 111 Å². The Hall–Kier alpha value is -1.48. The highest BCUT2D eigenvalue weighted by Crippen LogP contribution is 2.19. The van der Waals surface area contributed by atoms with E-state index in [1.54, 1.807) is 6.07 Å². The van der Waals surface area contributed by atoms with E-state index < -0.39 is 22.0 Å². The van der Waals surface area contributed by atoms with Gasteiger partial charge in [0.1, 0.15) is 11.0 Å². The number of nitrogens with two attached hydrogens (primary N) is 1. The fourth-order valence-corrected chi connectivity index (χ4v) is 2.46. The molecule has 2 rings (SSSR count). The normalized spacial score (nSPS) is 19.9. The molecule has 1 saturated heterocycles. The fourth-order valence-electron chi connectivity index (χ4n) is 1.77. The number of para-hydroxylation sites is 1. The van der Waals surface area contributed by atoms with Crippen LogP contribution in [-0.2, 0) is 19.6 Å². The number of nitrogens with one attached hydrogen (secondary N) is 2. The minimum Gasteiger partial charge on any atom is -0.366 e. The second-order valence-corrected chi connectivity index (χ2v) is 5.62. The average Bonchev–Trinajstić information content (AvgIpc) is 2.39. The molecule has 1 heterocycles. The zero-order valence-electron chi connectivity index (χ0n) is 10.1. The summed E-state index contributed by atoms with van der Waals surface area (Å²) < 4.78 is 28.1. The van der Waals surface area contributed by atoms with Gasteiger partial charge in [-0.3, -0.25) is 4.79 Å². The van der Waals surface area contributed by atoms with Crippen molar-refractivity contribution in [2.24, 2.45) is 5.14 Å². The summed E-state index contributed by atoms with van der Waals surface area (Å²) in [5.41, 5.74) is 0.157. The molecule has 1 amide bonds. The van der Waals surface area contributed by atoms with Crippen molar-refractivity contribution in [3.8, 4) is 0 Å². The van der Waals surface area contributed by atoms with Crippen LogP contribution >= 0.6 is 0 Å². The maximum atomic E-state index is 11.9. The molecule has 0 aromatic heterocycles. The molecular formula is C11H15N3O4S. The lowest BCUT2D eigenvalue weighted by Crippen LogP contribution is -2.45. The van der Waals surface area contributed by atoms with Gasteiger partial charge in [-0.2, -0.15) is 0 Å². The molecule has 1 fully saturated rings. The minimum atomic E-state index is -3.88. The van der Waals surface area contributed by atoms with Crippen molar-refractivity contribution < 1.29 is 17.9 Å². The summed E-state index contributed by atoms with van der Waals surface area (Å²) in [4.78, 5) is 11.8. The van der Waals surface area contributed by atoms with Crippen molar-refractivity contribution in [3.05, 3.63) is 24.3 Å². The van der Waals surface area contributed by atoms with Crippen LogP contribution in [-0.4, -0.2) is 40.1 Å². The fraction of sp³-hybridized carbons (Fsp3) is 0.364. The van der Waals surface area contributed by atoms with Crippen LogP contribution in [0.5, 0.6) is 0 Å². The van der Waals surface area contributed by atoms with E-state index in [0.717, 1.165) is 0 Å². The molecule has 8 heteroatoms. The van der Waals surface area contributed by atoms with E-state index in [1.165, 1.54) is 18.2 Å². The quantitative estimate of drug-likeness (QED) is 0.677. The van der Waals surface area contributed by atoms with Crippen LogP contribution in [0, 0.1) is 0 Å². The second-order valence-electron chi connectivity index (χ2n) is 4.09. The van der Waals surface area contributed by atoms with E-state index in [9.17, 15) is 13.2 Å². The standard InChI is InChI=1S/C11H15N3O4S/c12-19(16,17)10-4-2-1-3-8(10)14-11(15)9-7-13-5-6-18-9/h1-4,9,13H,5-7H2,(H,14,15)(H2,12,16,17). The summed E-state index contributed by atoms with van der Waals surface area (Å²) in [6, 6.07) is 5.97. The van der Waals surface area contributed by atoms with Crippen molar-refractivity contribution >= 4 is 21.6 Å². The third kappa shape index (κ3) is 3.51. The smallest absolute Gasteiger partial charge is 0.254 e. The Balaban J connectivity index is 2.17. The number of primary sulfonamides is 1. The number of benzene rings is 1. The minimum absolute atomic E-state index is 0.118. The molecule has 1 aliphatic rings.